The molecule has 2 aromatic rings. The van der Waals surface area contributed by atoms with E-state index in [1.807, 2.05) is 32.0 Å². The Kier molecular flexibility index (Phi) is 2.82. The molecule has 1 amide bonds. The fourth-order valence-electron chi connectivity index (χ4n) is 2.47. The Balaban J connectivity index is 2.15. The number of halogens is 2. The summed E-state index contributed by atoms with van der Waals surface area (Å²) in [5.74, 6) is -2.09. The predicted molar refractivity (Wildman–Crippen MR) is 73.1 cm³/mol. The van der Waals surface area contributed by atoms with Crippen LogP contribution in [0.5, 0.6) is 0 Å². The summed E-state index contributed by atoms with van der Waals surface area (Å²) in [7, 11) is 0. The molecule has 0 unspecified atom stereocenters. The molecule has 102 valence electrons. The number of amides is 1. The summed E-state index contributed by atoms with van der Waals surface area (Å²) in [4.78, 5) is 13.6. The van der Waals surface area contributed by atoms with E-state index in [1.54, 1.807) is 0 Å². The van der Waals surface area contributed by atoms with Gasteiger partial charge in [-0.3, -0.25) is 9.69 Å². The van der Waals surface area contributed by atoms with Crippen molar-refractivity contribution >= 4 is 17.3 Å². The largest absolute Gasteiger partial charge is 0.280 e. The monoisotopic (exact) mass is 273 g/mol. The standard InChI is InChI=1S/C16H13F2NO/c1-9-3-4-11(7-10(9)2)19-14-6-5-13(17)16(18)12(14)8-15(19)20/h3-7H,8H2,1-2H3. The second kappa shape index (κ2) is 4.40. The van der Waals surface area contributed by atoms with Crippen molar-refractivity contribution in [1.29, 1.82) is 0 Å². The maximum absolute atomic E-state index is 13.8. The zero-order chi connectivity index (χ0) is 14.4. The smallest absolute Gasteiger partial charge is 0.236 e. The second-order valence-electron chi connectivity index (χ2n) is 5.03. The molecule has 2 aromatic carbocycles. The van der Waals surface area contributed by atoms with Crippen molar-refractivity contribution in [3.8, 4) is 0 Å². The molecule has 0 fully saturated rings. The molecule has 3 rings (SSSR count). The van der Waals surface area contributed by atoms with Gasteiger partial charge in [-0.05, 0) is 49.2 Å². The van der Waals surface area contributed by atoms with Gasteiger partial charge in [-0.15, -0.1) is 0 Å². The van der Waals surface area contributed by atoms with Crippen LogP contribution in [-0.2, 0) is 11.2 Å². The van der Waals surface area contributed by atoms with Crippen LogP contribution in [0, 0.1) is 25.5 Å². The molecule has 0 aromatic heterocycles. The van der Waals surface area contributed by atoms with Crippen molar-refractivity contribution in [3.05, 3.63) is 58.7 Å². The Morgan fingerprint density at radius 2 is 1.80 bits per heavy atom. The van der Waals surface area contributed by atoms with Gasteiger partial charge in [0.25, 0.3) is 0 Å². The molecule has 1 heterocycles. The Morgan fingerprint density at radius 3 is 2.50 bits per heavy atom. The predicted octanol–water partition coefficient (Wildman–Crippen LogP) is 3.80. The number of nitrogens with zero attached hydrogens (tertiary/aromatic N) is 1. The van der Waals surface area contributed by atoms with Crippen molar-refractivity contribution in [2.45, 2.75) is 20.3 Å². The minimum Gasteiger partial charge on any atom is -0.280 e. The number of hydrogen-bond donors (Lipinski definition) is 0. The van der Waals surface area contributed by atoms with Gasteiger partial charge in [-0.25, -0.2) is 8.78 Å². The van der Waals surface area contributed by atoms with E-state index < -0.39 is 11.6 Å². The number of hydrogen-bond acceptors (Lipinski definition) is 1. The molecule has 0 aliphatic carbocycles. The molecule has 1 aliphatic heterocycles. The summed E-state index contributed by atoms with van der Waals surface area (Å²) in [6.07, 6.45) is -0.105. The number of aryl methyl sites for hydroxylation is 2. The molecule has 0 saturated heterocycles. The molecule has 4 heteroatoms. The fraction of sp³-hybridized carbons (Fsp3) is 0.188. The number of benzene rings is 2. The highest BCUT2D eigenvalue weighted by molar-refractivity contribution is 6.07. The molecule has 0 saturated carbocycles. The van der Waals surface area contributed by atoms with Crippen LogP contribution in [-0.4, -0.2) is 5.91 Å². The molecular weight excluding hydrogens is 260 g/mol. The normalized spacial score (nSPS) is 13.8. The van der Waals surface area contributed by atoms with Crippen molar-refractivity contribution in [2.75, 3.05) is 4.90 Å². The van der Waals surface area contributed by atoms with Crippen LogP contribution in [0.3, 0.4) is 0 Å². The maximum Gasteiger partial charge on any atom is 0.236 e. The Hall–Kier alpha value is -2.23. The van der Waals surface area contributed by atoms with E-state index in [-0.39, 0.29) is 17.9 Å². The Labute approximate surface area is 115 Å². The maximum atomic E-state index is 13.8. The van der Waals surface area contributed by atoms with Crippen LogP contribution in [0.25, 0.3) is 0 Å². The third kappa shape index (κ3) is 1.80. The van der Waals surface area contributed by atoms with Gasteiger partial charge in [-0.1, -0.05) is 6.07 Å². The topological polar surface area (TPSA) is 20.3 Å². The molecule has 0 radical (unpaired) electrons. The number of fused-ring (bicyclic) bond motifs is 1. The summed E-state index contributed by atoms with van der Waals surface area (Å²) >= 11 is 0. The van der Waals surface area contributed by atoms with Crippen molar-refractivity contribution in [2.24, 2.45) is 0 Å². The summed E-state index contributed by atoms with van der Waals surface area (Å²) in [5.41, 5.74) is 3.41. The fourth-order valence-corrected chi connectivity index (χ4v) is 2.47. The average molecular weight is 273 g/mol. The SMILES string of the molecule is Cc1ccc(N2C(=O)Cc3c2ccc(F)c3F)cc1C. The highest BCUT2D eigenvalue weighted by Gasteiger charge is 2.32. The number of rotatable bonds is 1. The Morgan fingerprint density at radius 1 is 1.05 bits per heavy atom. The van der Waals surface area contributed by atoms with Gasteiger partial charge < -0.3 is 0 Å². The minimum atomic E-state index is -0.929. The zero-order valence-corrected chi connectivity index (χ0v) is 11.2. The molecule has 20 heavy (non-hydrogen) atoms. The minimum absolute atomic E-state index is 0.105. The van der Waals surface area contributed by atoms with Crippen molar-refractivity contribution in [1.82, 2.24) is 0 Å². The molecule has 0 N–H and O–H groups in total. The molecule has 0 bridgehead atoms. The van der Waals surface area contributed by atoms with Crippen LogP contribution < -0.4 is 4.90 Å². The van der Waals surface area contributed by atoms with Gasteiger partial charge in [0.05, 0.1) is 12.1 Å². The first-order valence-electron chi connectivity index (χ1n) is 6.36. The van der Waals surface area contributed by atoms with E-state index in [9.17, 15) is 13.6 Å². The number of carbonyl (C=O) groups excluding carboxylic acids is 1. The van der Waals surface area contributed by atoms with Gasteiger partial charge in [0.2, 0.25) is 5.91 Å². The van der Waals surface area contributed by atoms with E-state index in [1.165, 1.54) is 11.0 Å². The number of anilines is 2. The van der Waals surface area contributed by atoms with Crippen LogP contribution in [0.1, 0.15) is 16.7 Å². The van der Waals surface area contributed by atoms with Gasteiger partial charge in [-0.2, -0.15) is 0 Å². The molecule has 1 aliphatic rings. The lowest BCUT2D eigenvalue weighted by Gasteiger charge is -2.18. The summed E-state index contributed by atoms with van der Waals surface area (Å²) in [6.45, 7) is 3.93. The molecule has 2 nitrogen and oxygen atoms in total. The first kappa shape index (κ1) is 12.8. The van der Waals surface area contributed by atoms with E-state index in [0.29, 0.717) is 11.4 Å². The molecule has 0 spiro atoms. The van der Waals surface area contributed by atoms with Crippen LogP contribution in [0.2, 0.25) is 0 Å². The van der Waals surface area contributed by atoms with E-state index in [4.69, 9.17) is 0 Å². The highest BCUT2D eigenvalue weighted by Crippen LogP contribution is 2.37. The van der Waals surface area contributed by atoms with E-state index in [2.05, 4.69) is 0 Å². The lowest BCUT2D eigenvalue weighted by Crippen LogP contribution is -2.20. The second-order valence-corrected chi connectivity index (χ2v) is 5.03. The van der Waals surface area contributed by atoms with Gasteiger partial charge in [0.15, 0.2) is 11.6 Å². The number of carbonyl (C=O) groups is 1. The van der Waals surface area contributed by atoms with Gasteiger partial charge in [0, 0.05) is 11.3 Å². The van der Waals surface area contributed by atoms with Gasteiger partial charge in [0.1, 0.15) is 0 Å². The average Bonchev–Trinajstić information content (AvgIpc) is 2.75. The summed E-state index contributed by atoms with van der Waals surface area (Å²) in [5, 5.41) is 0. The summed E-state index contributed by atoms with van der Waals surface area (Å²) in [6, 6.07) is 8.12. The zero-order valence-electron chi connectivity index (χ0n) is 11.2. The lowest BCUT2D eigenvalue weighted by atomic mass is 10.1. The Bertz CT molecular complexity index is 725. The third-order valence-corrected chi connectivity index (χ3v) is 3.74. The van der Waals surface area contributed by atoms with Crippen molar-refractivity contribution < 1.29 is 13.6 Å². The van der Waals surface area contributed by atoms with Crippen LogP contribution >= 0.6 is 0 Å². The molecular formula is C16H13F2NO. The lowest BCUT2D eigenvalue weighted by molar-refractivity contribution is -0.116. The first-order chi connectivity index (χ1) is 9.49. The van der Waals surface area contributed by atoms with Crippen LogP contribution in [0.15, 0.2) is 30.3 Å². The van der Waals surface area contributed by atoms with Crippen molar-refractivity contribution in [3.63, 3.8) is 0 Å². The highest BCUT2D eigenvalue weighted by atomic mass is 19.2. The van der Waals surface area contributed by atoms with E-state index in [0.717, 1.165) is 17.2 Å². The van der Waals surface area contributed by atoms with E-state index >= 15 is 0 Å². The summed E-state index contributed by atoms with van der Waals surface area (Å²) < 4.78 is 27.0. The van der Waals surface area contributed by atoms with Gasteiger partial charge >= 0.3 is 0 Å². The quantitative estimate of drug-likeness (QED) is 0.774. The third-order valence-electron chi connectivity index (χ3n) is 3.74. The van der Waals surface area contributed by atoms with Crippen LogP contribution in [0.4, 0.5) is 20.2 Å². The first-order valence-corrected chi connectivity index (χ1v) is 6.36. The molecule has 0 atom stereocenters.